The SMILES string of the molecule is CC1(NC(=O)CC(N)=NO)CCS(=O)(=O)C1. The van der Waals surface area contributed by atoms with Crippen LogP contribution in [0.5, 0.6) is 0 Å². The molecule has 0 radical (unpaired) electrons. The molecule has 0 aromatic heterocycles. The molecule has 1 amide bonds. The lowest BCUT2D eigenvalue weighted by Crippen LogP contribution is -2.47. The Morgan fingerprint density at radius 3 is 2.69 bits per heavy atom. The monoisotopic (exact) mass is 249 g/mol. The Morgan fingerprint density at radius 1 is 1.62 bits per heavy atom. The fraction of sp³-hybridized carbons (Fsp3) is 0.750. The predicted molar refractivity (Wildman–Crippen MR) is 57.8 cm³/mol. The molecule has 1 rings (SSSR count). The molecule has 0 aromatic rings. The minimum atomic E-state index is -3.06. The number of nitrogens with zero attached hydrogens (tertiary/aromatic N) is 1. The summed E-state index contributed by atoms with van der Waals surface area (Å²) in [5.74, 6) is -0.647. The topological polar surface area (TPSA) is 122 Å². The van der Waals surface area contributed by atoms with Crippen LogP contribution in [0.15, 0.2) is 5.16 Å². The van der Waals surface area contributed by atoms with E-state index in [1.807, 2.05) is 0 Å². The molecular weight excluding hydrogens is 234 g/mol. The van der Waals surface area contributed by atoms with Crippen LogP contribution < -0.4 is 11.1 Å². The molecule has 4 N–H and O–H groups in total. The normalized spacial score (nSPS) is 28.9. The minimum absolute atomic E-state index is 0.0675. The largest absolute Gasteiger partial charge is 0.409 e. The zero-order valence-electron chi connectivity index (χ0n) is 8.93. The van der Waals surface area contributed by atoms with Crippen LogP contribution in [0.25, 0.3) is 0 Å². The molecule has 0 aliphatic carbocycles. The van der Waals surface area contributed by atoms with Crippen molar-refractivity contribution < 1.29 is 18.4 Å². The van der Waals surface area contributed by atoms with E-state index >= 15 is 0 Å². The molecule has 7 nitrogen and oxygen atoms in total. The third kappa shape index (κ3) is 3.37. The van der Waals surface area contributed by atoms with Crippen LogP contribution in [0.3, 0.4) is 0 Å². The molecule has 0 aromatic carbocycles. The smallest absolute Gasteiger partial charge is 0.228 e. The Balaban J connectivity index is 2.58. The van der Waals surface area contributed by atoms with E-state index < -0.39 is 21.3 Å². The number of amidine groups is 1. The van der Waals surface area contributed by atoms with Gasteiger partial charge in [0, 0.05) is 0 Å². The number of hydrogen-bond acceptors (Lipinski definition) is 5. The molecule has 92 valence electrons. The van der Waals surface area contributed by atoms with Crippen LogP contribution >= 0.6 is 0 Å². The molecule has 0 bridgehead atoms. The van der Waals surface area contributed by atoms with Crippen LogP contribution in [0.1, 0.15) is 19.8 Å². The third-order valence-corrected chi connectivity index (χ3v) is 4.32. The summed E-state index contributed by atoms with van der Waals surface area (Å²) in [4.78, 5) is 11.4. The molecule has 0 saturated carbocycles. The van der Waals surface area contributed by atoms with E-state index in [9.17, 15) is 13.2 Å². The van der Waals surface area contributed by atoms with Crippen LogP contribution in [0.4, 0.5) is 0 Å². The van der Waals surface area contributed by atoms with E-state index in [0.717, 1.165) is 0 Å². The van der Waals surface area contributed by atoms with E-state index in [-0.39, 0.29) is 23.8 Å². The average molecular weight is 249 g/mol. The summed E-state index contributed by atoms with van der Waals surface area (Å²) in [6.07, 6.45) is 0.142. The van der Waals surface area contributed by atoms with Gasteiger partial charge in [0.1, 0.15) is 5.84 Å². The maximum absolute atomic E-state index is 11.4. The second kappa shape index (κ2) is 4.28. The van der Waals surface area contributed by atoms with Crippen molar-refractivity contribution in [1.29, 1.82) is 0 Å². The molecular formula is C8H15N3O4S. The maximum Gasteiger partial charge on any atom is 0.228 e. The summed E-state index contributed by atoms with van der Waals surface area (Å²) >= 11 is 0. The molecule has 8 heteroatoms. The van der Waals surface area contributed by atoms with Crippen molar-refractivity contribution in [3.8, 4) is 0 Å². The fourth-order valence-electron chi connectivity index (χ4n) is 1.69. The second-order valence-corrected chi connectivity index (χ2v) is 6.40. The van der Waals surface area contributed by atoms with Gasteiger partial charge in [-0.05, 0) is 13.3 Å². The van der Waals surface area contributed by atoms with E-state index in [1.54, 1.807) is 6.92 Å². The van der Waals surface area contributed by atoms with Crippen molar-refractivity contribution in [2.75, 3.05) is 11.5 Å². The van der Waals surface area contributed by atoms with E-state index in [0.29, 0.717) is 6.42 Å². The van der Waals surface area contributed by atoms with Gasteiger partial charge in [-0.1, -0.05) is 5.16 Å². The summed E-state index contributed by atoms with van der Waals surface area (Å²) in [7, 11) is -3.06. The van der Waals surface area contributed by atoms with E-state index in [4.69, 9.17) is 10.9 Å². The molecule has 1 atom stereocenters. The molecule has 1 unspecified atom stereocenters. The van der Waals surface area contributed by atoms with Crippen molar-refractivity contribution in [3.63, 3.8) is 0 Å². The molecule has 1 aliphatic rings. The first kappa shape index (κ1) is 12.8. The van der Waals surface area contributed by atoms with Crippen molar-refractivity contribution in [1.82, 2.24) is 5.32 Å². The Hall–Kier alpha value is -1.31. The number of sulfone groups is 1. The molecule has 1 heterocycles. The standard InChI is InChI=1S/C8H15N3O4S/c1-8(2-3-16(14,15)5-8)10-7(12)4-6(9)11-13/h13H,2-5H2,1H3,(H2,9,11)(H,10,12). The Bertz CT molecular complexity index is 417. The van der Waals surface area contributed by atoms with E-state index in [1.165, 1.54) is 0 Å². The number of oxime groups is 1. The fourth-order valence-corrected chi connectivity index (χ4v) is 3.78. The molecule has 1 saturated heterocycles. The van der Waals surface area contributed by atoms with Crippen LogP contribution in [-0.2, 0) is 14.6 Å². The molecule has 16 heavy (non-hydrogen) atoms. The number of carbonyl (C=O) groups excluding carboxylic acids is 1. The van der Waals surface area contributed by atoms with Gasteiger partial charge in [0.2, 0.25) is 5.91 Å². The zero-order valence-corrected chi connectivity index (χ0v) is 9.75. The lowest BCUT2D eigenvalue weighted by Gasteiger charge is -2.23. The van der Waals surface area contributed by atoms with Gasteiger partial charge in [-0.2, -0.15) is 0 Å². The Morgan fingerprint density at radius 2 is 2.25 bits per heavy atom. The van der Waals surface area contributed by atoms with Crippen LogP contribution in [0, 0.1) is 0 Å². The highest BCUT2D eigenvalue weighted by Crippen LogP contribution is 2.22. The third-order valence-electron chi connectivity index (χ3n) is 2.41. The van der Waals surface area contributed by atoms with E-state index in [2.05, 4.69) is 10.5 Å². The summed E-state index contributed by atoms with van der Waals surface area (Å²) < 4.78 is 22.5. The van der Waals surface area contributed by atoms with Gasteiger partial charge in [-0.15, -0.1) is 0 Å². The zero-order chi connectivity index (χ0) is 12.4. The quantitative estimate of drug-likeness (QED) is 0.251. The summed E-state index contributed by atoms with van der Waals surface area (Å²) in [6, 6.07) is 0. The van der Waals surface area contributed by atoms with Crippen molar-refractivity contribution in [2.24, 2.45) is 10.9 Å². The molecule has 0 spiro atoms. The average Bonchev–Trinajstić information content (AvgIpc) is 2.39. The van der Waals surface area contributed by atoms with Crippen molar-refractivity contribution in [2.45, 2.75) is 25.3 Å². The van der Waals surface area contributed by atoms with Crippen molar-refractivity contribution >= 4 is 21.6 Å². The minimum Gasteiger partial charge on any atom is -0.409 e. The molecule has 1 fully saturated rings. The Labute approximate surface area is 93.6 Å². The first-order valence-electron chi connectivity index (χ1n) is 4.74. The number of rotatable bonds is 3. The summed E-state index contributed by atoms with van der Waals surface area (Å²) in [5.41, 5.74) is 4.42. The lowest BCUT2D eigenvalue weighted by molar-refractivity contribution is -0.121. The first-order chi connectivity index (χ1) is 7.26. The van der Waals surface area contributed by atoms with Gasteiger partial charge >= 0.3 is 0 Å². The predicted octanol–water partition coefficient (Wildman–Crippen LogP) is -1.18. The first-order valence-corrected chi connectivity index (χ1v) is 6.56. The number of nitrogens with one attached hydrogen (secondary N) is 1. The Kier molecular flexibility index (Phi) is 3.41. The number of nitrogens with two attached hydrogens (primary N) is 1. The van der Waals surface area contributed by atoms with Gasteiger partial charge in [0.15, 0.2) is 9.84 Å². The summed E-state index contributed by atoms with van der Waals surface area (Å²) in [5, 5.41) is 13.5. The van der Waals surface area contributed by atoms with Crippen LogP contribution in [0.2, 0.25) is 0 Å². The molecule has 1 aliphatic heterocycles. The second-order valence-electron chi connectivity index (χ2n) is 4.22. The number of amides is 1. The van der Waals surface area contributed by atoms with Gasteiger partial charge in [-0.25, -0.2) is 8.42 Å². The highest BCUT2D eigenvalue weighted by Gasteiger charge is 2.39. The van der Waals surface area contributed by atoms with Gasteiger partial charge in [0.25, 0.3) is 0 Å². The van der Waals surface area contributed by atoms with Gasteiger partial charge in [0.05, 0.1) is 23.5 Å². The van der Waals surface area contributed by atoms with Gasteiger partial charge < -0.3 is 16.3 Å². The van der Waals surface area contributed by atoms with Crippen LogP contribution in [-0.4, -0.2) is 42.4 Å². The number of hydrogen-bond donors (Lipinski definition) is 3. The van der Waals surface area contributed by atoms with Gasteiger partial charge in [-0.3, -0.25) is 4.79 Å². The lowest BCUT2D eigenvalue weighted by atomic mass is 10.0. The highest BCUT2D eigenvalue weighted by molar-refractivity contribution is 7.91. The maximum atomic E-state index is 11.4. The highest BCUT2D eigenvalue weighted by atomic mass is 32.2. The number of carbonyl (C=O) groups is 1. The van der Waals surface area contributed by atoms with Crippen molar-refractivity contribution in [3.05, 3.63) is 0 Å². The summed E-state index contributed by atoms with van der Waals surface area (Å²) in [6.45, 7) is 1.67.